The summed E-state index contributed by atoms with van der Waals surface area (Å²) in [7, 11) is 1.95. The molecule has 1 saturated heterocycles. The third-order valence-electron chi connectivity index (χ3n) is 3.10. The summed E-state index contributed by atoms with van der Waals surface area (Å²) >= 11 is 6.00. The Morgan fingerprint density at radius 1 is 1.53 bits per heavy atom. The minimum absolute atomic E-state index is 0.0602. The van der Waals surface area contributed by atoms with Gasteiger partial charge in [-0.05, 0) is 25.6 Å². The Hall–Kier alpha value is -0.900. The summed E-state index contributed by atoms with van der Waals surface area (Å²) in [6.45, 7) is 1.89. The van der Waals surface area contributed by atoms with E-state index in [2.05, 4.69) is 0 Å². The number of ether oxygens (including phenoxy) is 1. The van der Waals surface area contributed by atoms with Crippen molar-refractivity contribution >= 4 is 17.4 Å². The van der Waals surface area contributed by atoms with Crippen LogP contribution in [0.3, 0.4) is 0 Å². The van der Waals surface area contributed by atoms with Crippen LogP contribution >= 0.6 is 11.6 Å². The number of nitrogens with zero attached hydrogens (tertiary/aromatic N) is 1. The molecule has 4 heteroatoms. The molecule has 2 rings (SSSR count). The summed E-state index contributed by atoms with van der Waals surface area (Å²) in [5, 5.41) is 0.522. The van der Waals surface area contributed by atoms with Crippen LogP contribution in [0.25, 0.3) is 0 Å². The summed E-state index contributed by atoms with van der Waals surface area (Å²) in [6, 6.07) is 7.52. The fraction of sp³-hybridized carbons (Fsp3) is 0.462. The summed E-state index contributed by atoms with van der Waals surface area (Å²) in [6.07, 6.45) is 0.992. The standard InChI is InChI=1S/C13H16ClNO2/c1-15(10-6-7-17-9-10)8-13(16)11-4-2-3-5-12(11)14/h2-5,10H,6-9H2,1H3. The van der Waals surface area contributed by atoms with Gasteiger partial charge in [-0.3, -0.25) is 9.69 Å². The van der Waals surface area contributed by atoms with Crippen LogP contribution in [-0.4, -0.2) is 43.5 Å². The predicted octanol–water partition coefficient (Wildman–Crippen LogP) is 2.24. The van der Waals surface area contributed by atoms with Crippen LogP contribution in [0.5, 0.6) is 0 Å². The topological polar surface area (TPSA) is 29.5 Å². The van der Waals surface area contributed by atoms with E-state index in [4.69, 9.17) is 16.3 Å². The van der Waals surface area contributed by atoms with Crippen molar-refractivity contribution in [2.45, 2.75) is 12.5 Å². The van der Waals surface area contributed by atoms with Crippen molar-refractivity contribution in [1.82, 2.24) is 4.90 Å². The minimum Gasteiger partial charge on any atom is -0.380 e. The number of hydrogen-bond donors (Lipinski definition) is 0. The van der Waals surface area contributed by atoms with Gasteiger partial charge in [-0.25, -0.2) is 0 Å². The Balaban J connectivity index is 1.99. The van der Waals surface area contributed by atoms with Gasteiger partial charge in [0.05, 0.1) is 18.2 Å². The molecule has 1 aromatic rings. The number of halogens is 1. The molecule has 0 aromatic heterocycles. The van der Waals surface area contributed by atoms with E-state index in [1.165, 1.54) is 0 Å². The molecular weight excluding hydrogens is 238 g/mol. The zero-order valence-electron chi connectivity index (χ0n) is 9.86. The molecule has 3 nitrogen and oxygen atoms in total. The van der Waals surface area contributed by atoms with E-state index in [9.17, 15) is 4.79 Å². The third kappa shape index (κ3) is 3.06. The smallest absolute Gasteiger partial charge is 0.178 e. The molecule has 0 bridgehead atoms. The van der Waals surface area contributed by atoms with Crippen molar-refractivity contribution in [3.63, 3.8) is 0 Å². The molecule has 1 fully saturated rings. The van der Waals surface area contributed by atoms with Gasteiger partial charge in [0, 0.05) is 18.2 Å². The SMILES string of the molecule is CN(CC(=O)c1ccccc1Cl)C1CCOC1. The van der Waals surface area contributed by atoms with Gasteiger partial charge in [-0.1, -0.05) is 23.7 Å². The average molecular weight is 254 g/mol. The number of rotatable bonds is 4. The molecule has 1 unspecified atom stereocenters. The lowest BCUT2D eigenvalue weighted by Crippen LogP contribution is -2.36. The lowest BCUT2D eigenvalue weighted by Gasteiger charge is -2.21. The summed E-state index contributed by atoms with van der Waals surface area (Å²) < 4.78 is 5.31. The van der Waals surface area contributed by atoms with Gasteiger partial charge in [-0.2, -0.15) is 0 Å². The molecule has 92 valence electrons. The van der Waals surface area contributed by atoms with Gasteiger partial charge in [0.1, 0.15) is 0 Å². The number of ketones is 1. The van der Waals surface area contributed by atoms with Crippen LogP contribution in [-0.2, 0) is 4.74 Å². The van der Waals surface area contributed by atoms with Crippen LogP contribution < -0.4 is 0 Å². The maximum absolute atomic E-state index is 12.1. The van der Waals surface area contributed by atoms with Gasteiger partial charge in [0.2, 0.25) is 0 Å². The predicted molar refractivity (Wildman–Crippen MR) is 67.6 cm³/mol. The maximum atomic E-state index is 12.1. The Morgan fingerprint density at radius 3 is 2.94 bits per heavy atom. The van der Waals surface area contributed by atoms with Gasteiger partial charge < -0.3 is 4.74 Å². The fourth-order valence-corrected chi connectivity index (χ4v) is 2.24. The second-order valence-electron chi connectivity index (χ2n) is 4.34. The summed E-state index contributed by atoms with van der Waals surface area (Å²) in [5.74, 6) is 0.0602. The lowest BCUT2D eigenvalue weighted by molar-refractivity contribution is 0.0907. The molecule has 0 radical (unpaired) electrons. The first-order valence-corrected chi connectivity index (χ1v) is 6.12. The maximum Gasteiger partial charge on any atom is 0.178 e. The number of carbonyl (C=O) groups is 1. The number of benzene rings is 1. The van der Waals surface area contributed by atoms with E-state index in [1.807, 2.05) is 24.1 Å². The molecule has 17 heavy (non-hydrogen) atoms. The van der Waals surface area contributed by atoms with Crippen molar-refractivity contribution in [1.29, 1.82) is 0 Å². The van der Waals surface area contributed by atoms with Gasteiger partial charge in [0.15, 0.2) is 5.78 Å². The molecule has 1 atom stereocenters. The Labute approximate surface area is 106 Å². The van der Waals surface area contributed by atoms with Crippen molar-refractivity contribution in [3.05, 3.63) is 34.9 Å². The van der Waals surface area contributed by atoms with Crippen LogP contribution in [0.15, 0.2) is 24.3 Å². The van der Waals surface area contributed by atoms with Crippen LogP contribution in [0.4, 0.5) is 0 Å². The zero-order chi connectivity index (χ0) is 12.3. The molecular formula is C13H16ClNO2. The fourth-order valence-electron chi connectivity index (χ4n) is 2.00. The third-order valence-corrected chi connectivity index (χ3v) is 3.43. The highest BCUT2D eigenvalue weighted by Gasteiger charge is 2.22. The van der Waals surface area contributed by atoms with E-state index in [-0.39, 0.29) is 5.78 Å². The molecule has 1 heterocycles. The van der Waals surface area contributed by atoms with Gasteiger partial charge in [-0.15, -0.1) is 0 Å². The zero-order valence-corrected chi connectivity index (χ0v) is 10.6. The number of likely N-dealkylation sites (N-methyl/N-ethyl adjacent to an activating group) is 1. The van der Waals surface area contributed by atoms with E-state index in [0.29, 0.717) is 29.8 Å². The number of Topliss-reactive ketones (excluding diaryl/α,β-unsaturated/α-hetero) is 1. The van der Waals surface area contributed by atoms with E-state index in [0.717, 1.165) is 13.0 Å². The second kappa shape index (κ2) is 5.63. The highest BCUT2D eigenvalue weighted by molar-refractivity contribution is 6.34. The van der Waals surface area contributed by atoms with Crippen molar-refractivity contribution in [3.8, 4) is 0 Å². The minimum atomic E-state index is 0.0602. The second-order valence-corrected chi connectivity index (χ2v) is 4.74. The molecule has 0 aliphatic carbocycles. The van der Waals surface area contributed by atoms with Crippen molar-refractivity contribution < 1.29 is 9.53 Å². The summed E-state index contributed by atoms with van der Waals surface area (Å²) in [4.78, 5) is 14.1. The first-order valence-electron chi connectivity index (χ1n) is 5.74. The molecule has 0 saturated carbocycles. The van der Waals surface area contributed by atoms with Gasteiger partial charge in [0.25, 0.3) is 0 Å². The van der Waals surface area contributed by atoms with Crippen LogP contribution in [0.1, 0.15) is 16.8 Å². The normalized spacial score (nSPS) is 19.8. The number of carbonyl (C=O) groups excluding carboxylic acids is 1. The van der Waals surface area contributed by atoms with Crippen LogP contribution in [0, 0.1) is 0 Å². The van der Waals surface area contributed by atoms with E-state index < -0.39 is 0 Å². The molecule has 1 aliphatic rings. The van der Waals surface area contributed by atoms with E-state index >= 15 is 0 Å². The number of hydrogen-bond acceptors (Lipinski definition) is 3. The van der Waals surface area contributed by atoms with E-state index in [1.54, 1.807) is 12.1 Å². The van der Waals surface area contributed by atoms with Crippen LogP contribution in [0.2, 0.25) is 5.02 Å². The van der Waals surface area contributed by atoms with Crippen molar-refractivity contribution in [2.75, 3.05) is 26.8 Å². The summed E-state index contributed by atoms with van der Waals surface area (Å²) in [5.41, 5.74) is 0.597. The Morgan fingerprint density at radius 2 is 2.29 bits per heavy atom. The first kappa shape index (κ1) is 12.6. The lowest BCUT2D eigenvalue weighted by atomic mass is 10.1. The van der Waals surface area contributed by atoms with Gasteiger partial charge >= 0.3 is 0 Å². The highest BCUT2D eigenvalue weighted by atomic mass is 35.5. The molecule has 0 amide bonds. The molecule has 1 aromatic carbocycles. The van der Waals surface area contributed by atoms with Crippen molar-refractivity contribution in [2.24, 2.45) is 0 Å². The Kier molecular flexibility index (Phi) is 4.15. The monoisotopic (exact) mass is 253 g/mol. The molecule has 0 N–H and O–H groups in total. The average Bonchev–Trinajstić information content (AvgIpc) is 2.82. The molecule has 0 spiro atoms. The largest absolute Gasteiger partial charge is 0.380 e. The quantitative estimate of drug-likeness (QED) is 0.771. The highest BCUT2D eigenvalue weighted by Crippen LogP contribution is 2.17. The molecule has 1 aliphatic heterocycles. The Bertz CT molecular complexity index is 402. The first-order chi connectivity index (χ1) is 8.18.